The van der Waals surface area contributed by atoms with Gasteiger partial charge in [-0.2, -0.15) is 0 Å². The molecule has 1 aliphatic carbocycles. The molecule has 0 saturated heterocycles. The van der Waals surface area contributed by atoms with Crippen LogP contribution in [-0.2, 0) is 11.2 Å². The highest BCUT2D eigenvalue weighted by molar-refractivity contribution is 5.87. The first-order valence-corrected chi connectivity index (χ1v) is 8.76. The zero-order valence-electron chi connectivity index (χ0n) is 13.9. The Morgan fingerprint density at radius 1 is 0.920 bits per heavy atom. The maximum atomic E-state index is 8.21. The molecule has 0 saturated carbocycles. The first kappa shape index (κ1) is 14.6. The summed E-state index contributed by atoms with van der Waals surface area (Å²) in [6, 6.07) is 14.5. The van der Waals surface area contributed by atoms with E-state index in [1.54, 1.807) is 0 Å². The lowest BCUT2D eigenvalue weighted by atomic mass is 9.78. The Morgan fingerprint density at radius 3 is 2.68 bits per heavy atom. The number of benzene rings is 2. The maximum absolute atomic E-state index is 8.21. The minimum atomic E-state index is 0.167. The normalized spacial score (nSPS) is 21.3. The average Bonchev–Trinajstić information content (AvgIpc) is 2.67. The van der Waals surface area contributed by atoms with Crippen LogP contribution in [0.4, 0.5) is 0 Å². The molecule has 25 heavy (non-hydrogen) atoms. The molecule has 0 amide bonds. The summed E-state index contributed by atoms with van der Waals surface area (Å²) >= 11 is 0. The number of fused-ring (bicyclic) bond motifs is 3. The topological polar surface area (TPSA) is 51.5 Å². The minimum absolute atomic E-state index is 0.167. The minimum Gasteiger partial charge on any atom is -0.486 e. The van der Waals surface area contributed by atoms with Crippen molar-refractivity contribution in [1.82, 2.24) is 0 Å². The number of aryl methyl sites for hydroxylation is 1. The summed E-state index contributed by atoms with van der Waals surface area (Å²) in [5.41, 5.74) is 4.91. The summed E-state index contributed by atoms with van der Waals surface area (Å²) in [5, 5.41) is 8.21. The molecule has 2 aromatic rings. The van der Waals surface area contributed by atoms with Crippen LogP contribution in [0.1, 0.15) is 35.4 Å². The molecule has 4 heteroatoms. The molecular formula is C21H19NO3. The fourth-order valence-electron chi connectivity index (χ4n) is 4.04. The molecule has 0 aromatic heterocycles. The Bertz CT molecular complexity index is 900. The van der Waals surface area contributed by atoms with E-state index in [9.17, 15) is 0 Å². The van der Waals surface area contributed by atoms with E-state index in [1.165, 1.54) is 16.7 Å². The van der Waals surface area contributed by atoms with E-state index in [0.29, 0.717) is 25.5 Å². The molecule has 1 unspecified atom stereocenters. The van der Waals surface area contributed by atoms with Crippen LogP contribution in [0.2, 0.25) is 0 Å². The van der Waals surface area contributed by atoms with Gasteiger partial charge in [-0.1, -0.05) is 30.3 Å². The number of rotatable bonds is 1. The van der Waals surface area contributed by atoms with Crippen molar-refractivity contribution in [2.24, 2.45) is 0 Å². The lowest BCUT2D eigenvalue weighted by Crippen LogP contribution is -2.23. The predicted molar refractivity (Wildman–Crippen MR) is 95.3 cm³/mol. The summed E-state index contributed by atoms with van der Waals surface area (Å²) in [4.78, 5) is 0. The van der Waals surface area contributed by atoms with Crippen molar-refractivity contribution < 1.29 is 14.2 Å². The lowest BCUT2D eigenvalue weighted by molar-refractivity contribution is 0.171. The summed E-state index contributed by atoms with van der Waals surface area (Å²) in [5.74, 6) is 2.99. The molecule has 0 spiro atoms. The fraction of sp³-hybridized carbons (Fsp3) is 0.286. The van der Waals surface area contributed by atoms with Gasteiger partial charge in [0.2, 0.25) is 0 Å². The number of nitrogens with one attached hydrogen (secondary N) is 1. The standard InChI is InChI=1S/C21H19NO3/c22-20-12-17(14-6-8-18-19(11-14)24-10-9-23-18)16-7-5-13-3-1-2-4-15(13)21(16)25-20/h1-4,6,8,11,17,22H,5,7,9-10,12H2. The van der Waals surface area contributed by atoms with Gasteiger partial charge in [0.15, 0.2) is 17.4 Å². The third kappa shape index (κ3) is 2.40. The van der Waals surface area contributed by atoms with Gasteiger partial charge in [0.05, 0.1) is 0 Å². The van der Waals surface area contributed by atoms with Crippen molar-refractivity contribution in [3.8, 4) is 11.5 Å². The molecule has 2 heterocycles. The predicted octanol–water partition coefficient (Wildman–Crippen LogP) is 4.30. The number of allylic oxidation sites excluding steroid dienone is 1. The number of ether oxygens (including phenoxy) is 3. The maximum Gasteiger partial charge on any atom is 0.188 e. The smallest absolute Gasteiger partial charge is 0.188 e. The van der Waals surface area contributed by atoms with Crippen molar-refractivity contribution in [3.63, 3.8) is 0 Å². The van der Waals surface area contributed by atoms with Gasteiger partial charge in [0, 0.05) is 17.9 Å². The first-order valence-electron chi connectivity index (χ1n) is 8.76. The summed E-state index contributed by atoms with van der Waals surface area (Å²) in [6.45, 7) is 1.18. The zero-order valence-corrected chi connectivity index (χ0v) is 13.9. The molecule has 126 valence electrons. The second-order valence-electron chi connectivity index (χ2n) is 6.70. The van der Waals surface area contributed by atoms with Gasteiger partial charge >= 0.3 is 0 Å². The summed E-state index contributed by atoms with van der Waals surface area (Å²) in [6.07, 6.45) is 2.59. The number of hydrogen-bond acceptors (Lipinski definition) is 4. The second kappa shape index (κ2) is 5.66. The largest absolute Gasteiger partial charge is 0.486 e. The molecule has 1 atom stereocenters. The van der Waals surface area contributed by atoms with Gasteiger partial charge in [-0.25, -0.2) is 0 Å². The lowest BCUT2D eigenvalue weighted by Gasteiger charge is -2.33. The molecule has 0 bridgehead atoms. The Kier molecular flexibility index (Phi) is 3.30. The molecule has 2 aromatic carbocycles. The van der Waals surface area contributed by atoms with Crippen LogP contribution in [0.5, 0.6) is 11.5 Å². The molecule has 0 radical (unpaired) electrons. The fourth-order valence-corrected chi connectivity index (χ4v) is 4.04. The van der Waals surface area contributed by atoms with Crippen molar-refractivity contribution in [3.05, 3.63) is 64.7 Å². The molecule has 4 nitrogen and oxygen atoms in total. The van der Waals surface area contributed by atoms with Gasteiger partial charge in [-0.05, 0) is 41.7 Å². The van der Waals surface area contributed by atoms with Crippen molar-refractivity contribution in [1.29, 1.82) is 5.41 Å². The highest BCUT2D eigenvalue weighted by Crippen LogP contribution is 2.46. The molecule has 1 N–H and O–H groups in total. The molecular weight excluding hydrogens is 314 g/mol. The zero-order chi connectivity index (χ0) is 16.8. The van der Waals surface area contributed by atoms with Crippen LogP contribution in [0.3, 0.4) is 0 Å². The quantitative estimate of drug-likeness (QED) is 0.847. The van der Waals surface area contributed by atoms with E-state index < -0.39 is 0 Å². The SMILES string of the molecule is N=C1CC(c2ccc3c(c2)OCCO3)C2=C(O1)c1ccccc1CC2. The van der Waals surface area contributed by atoms with Crippen molar-refractivity contribution in [2.75, 3.05) is 13.2 Å². The van der Waals surface area contributed by atoms with Gasteiger partial charge in [-0.3, -0.25) is 5.41 Å². The molecule has 2 aliphatic heterocycles. The van der Waals surface area contributed by atoms with Crippen molar-refractivity contribution >= 4 is 11.7 Å². The van der Waals surface area contributed by atoms with Crippen LogP contribution >= 0.6 is 0 Å². The van der Waals surface area contributed by atoms with Gasteiger partial charge in [0.25, 0.3) is 0 Å². The Morgan fingerprint density at radius 2 is 1.76 bits per heavy atom. The van der Waals surface area contributed by atoms with Crippen molar-refractivity contribution in [2.45, 2.75) is 25.2 Å². The van der Waals surface area contributed by atoms with Crippen LogP contribution in [0.15, 0.2) is 48.0 Å². The number of hydrogen-bond donors (Lipinski definition) is 1. The second-order valence-corrected chi connectivity index (χ2v) is 6.70. The Labute approximate surface area is 146 Å². The van der Waals surface area contributed by atoms with Crippen LogP contribution in [-0.4, -0.2) is 19.1 Å². The molecule has 3 aliphatic rings. The van der Waals surface area contributed by atoms with Crippen LogP contribution < -0.4 is 9.47 Å². The third-order valence-corrected chi connectivity index (χ3v) is 5.22. The summed E-state index contributed by atoms with van der Waals surface area (Å²) in [7, 11) is 0. The Hall–Kier alpha value is -2.75. The Balaban J connectivity index is 1.61. The van der Waals surface area contributed by atoms with Gasteiger partial charge < -0.3 is 14.2 Å². The van der Waals surface area contributed by atoms with E-state index >= 15 is 0 Å². The van der Waals surface area contributed by atoms with Gasteiger partial charge in [-0.15, -0.1) is 0 Å². The first-order chi connectivity index (χ1) is 12.3. The highest BCUT2D eigenvalue weighted by atomic mass is 16.6. The van der Waals surface area contributed by atoms with Gasteiger partial charge in [0.1, 0.15) is 19.0 Å². The van der Waals surface area contributed by atoms with E-state index in [1.807, 2.05) is 12.1 Å². The summed E-state index contributed by atoms with van der Waals surface area (Å²) < 4.78 is 17.3. The van der Waals surface area contributed by atoms with Crippen LogP contribution in [0, 0.1) is 5.41 Å². The van der Waals surface area contributed by atoms with E-state index in [-0.39, 0.29) is 5.92 Å². The third-order valence-electron chi connectivity index (χ3n) is 5.22. The van der Waals surface area contributed by atoms with Crippen LogP contribution in [0.25, 0.3) is 5.76 Å². The highest BCUT2D eigenvalue weighted by Gasteiger charge is 2.33. The molecule has 5 rings (SSSR count). The molecule has 0 fully saturated rings. The van der Waals surface area contributed by atoms with E-state index in [4.69, 9.17) is 19.6 Å². The average molecular weight is 333 g/mol. The van der Waals surface area contributed by atoms with E-state index in [0.717, 1.165) is 35.7 Å². The van der Waals surface area contributed by atoms with E-state index in [2.05, 4.69) is 30.3 Å². The monoisotopic (exact) mass is 333 g/mol.